The Kier molecular flexibility index (Phi) is 7.53. The number of aromatic nitrogens is 2. The zero-order valence-corrected chi connectivity index (χ0v) is 23.7. The molecule has 0 radical (unpaired) electrons. The van der Waals surface area contributed by atoms with Gasteiger partial charge < -0.3 is 0 Å². The quantitative estimate of drug-likeness (QED) is 0.240. The van der Waals surface area contributed by atoms with Crippen LogP contribution in [0.3, 0.4) is 0 Å². The molecule has 0 amide bonds. The summed E-state index contributed by atoms with van der Waals surface area (Å²) in [4.78, 5) is 53.6. The minimum Gasteiger partial charge on any atom is -0.274 e. The summed E-state index contributed by atoms with van der Waals surface area (Å²) >= 11 is 6.98. The van der Waals surface area contributed by atoms with Crippen LogP contribution in [0.2, 0.25) is 0 Å². The monoisotopic (exact) mass is 604 g/mol. The average Bonchev–Trinajstić information content (AvgIpc) is 3.23. The number of unbranched alkanes of at least 4 members (excludes halogenated alkanes) is 1. The minimum absolute atomic E-state index is 0.171. The first-order chi connectivity index (χ1) is 16.7. The van der Waals surface area contributed by atoms with Crippen molar-refractivity contribution in [1.82, 2.24) is 9.13 Å². The molecule has 2 atom stereocenters. The first-order valence-corrected chi connectivity index (χ1v) is 14.0. The van der Waals surface area contributed by atoms with Gasteiger partial charge in [-0.1, -0.05) is 53.4 Å². The first-order valence-electron chi connectivity index (χ1n) is 12.4. The van der Waals surface area contributed by atoms with Crippen molar-refractivity contribution in [2.24, 2.45) is 11.8 Å². The molecular weight excluding hydrogens is 576 g/mol. The Balaban J connectivity index is 2.06. The molecule has 0 spiro atoms. The number of fused-ring (bicyclic) bond motifs is 5. The molecular formula is C27H30Br2N2O4. The van der Waals surface area contributed by atoms with Gasteiger partial charge >= 0.3 is 0 Å². The van der Waals surface area contributed by atoms with Crippen LogP contribution in [-0.4, -0.2) is 9.13 Å². The summed E-state index contributed by atoms with van der Waals surface area (Å²) in [6, 6.07) is 3.42. The van der Waals surface area contributed by atoms with E-state index in [0.717, 1.165) is 32.1 Å². The van der Waals surface area contributed by atoms with Gasteiger partial charge in [0.1, 0.15) is 0 Å². The third-order valence-corrected chi connectivity index (χ3v) is 8.61. The lowest BCUT2D eigenvalue weighted by Gasteiger charge is -2.13. The molecule has 8 heteroatoms. The number of hydrogen-bond donors (Lipinski definition) is 0. The van der Waals surface area contributed by atoms with Gasteiger partial charge in [0.2, 0.25) is 0 Å². The molecule has 2 heterocycles. The van der Waals surface area contributed by atoms with Crippen LogP contribution in [0.15, 0.2) is 40.3 Å². The number of rotatable bonds is 9. The maximum atomic E-state index is 13.6. The Morgan fingerprint density at radius 3 is 1.60 bits per heavy atom. The van der Waals surface area contributed by atoms with Crippen LogP contribution in [-0.2, 0) is 13.1 Å². The summed E-state index contributed by atoms with van der Waals surface area (Å²) in [5, 5.41) is 2.26. The molecule has 0 aliphatic carbocycles. The second-order valence-electron chi connectivity index (χ2n) is 9.68. The smallest absolute Gasteiger partial charge is 0.262 e. The highest BCUT2D eigenvalue weighted by atomic mass is 79.9. The van der Waals surface area contributed by atoms with Crippen molar-refractivity contribution in [2.75, 3.05) is 0 Å². The number of hydrogen-bond acceptors (Lipinski definition) is 4. The Morgan fingerprint density at radius 2 is 1.17 bits per heavy atom. The lowest BCUT2D eigenvalue weighted by atomic mass is 9.99. The van der Waals surface area contributed by atoms with Crippen LogP contribution in [0, 0.1) is 11.8 Å². The Bertz CT molecular complexity index is 1640. The predicted octanol–water partition coefficient (Wildman–Crippen LogP) is 5.85. The van der Waals surface area contributed by atoms with E-state index in [0.29, 0.717) is 54.4 Å². The zero-order chi connectivity index (χ0) is 25.6. The summed E-state index contributed by atoms with van der Waals surface area (Å²) in [6.45, 7) is 8.95. The molecule has 0 aliphatic rings. The van der Waals surface area contributed by atoms with Crippen LogP contribution in [0.4, 0.5) is 0 Å². The van der Waals surface area contributed by atoms with E-state index in [1.165, 1.54) is 9.13 Å². The van der Waals surface area contributed by atoms with Gasteiger partial charge in [-0.2, -0.15) is 0 Å². The van der Waals surface area contributed by atoms with E-state index in [2.05, 4.69) is 45.7 Å². The molecule has 4 rings (SSSR count). The summed E-state index contributed by atoms with van der Waals surface area (Å²) in [6.07, 6.45) is 4.81. The molecule has 0 aliphatic heterocycles. The van der Waals surface area contributed by atoms with E-state index >= 15 is 0 Å². The van der Waals surface area contributed by atoms with Crippen molar-refractivity contribution in [3.8, 4) is 0 Å². The highest BCUT2D eigenvalue weighted by Gasteiger charge is 2.25. The van der Waals surface area contributed by atoms with E-state index in [1.807, 2.05) is 13.8 Å². The van der Waals surface area contributed by atoms with Crippen LogP contribution < -0.4 is 22.2 Å². The lowest BCUT2D eigenvalue weighted by Crippen LogP contribution is -2.29. The van der Waals surface area contributed by atoms with Gasteiger partial charge in [-0.05, 0) is 73.0 Å². The highest BCUT2D eigenvalue weighted by Crippen LogP contribution is 2.35. The third-order valence-electron chi connectivity index (χ3n) is 7.36. The van der Waals surface area contributed by atoms with E-state index in [1.54, 1.807) is 12.1 Å². The second-order valence-corrected chi connectivity index (χ2v) is 11.4. The highest BCUT2D eigenvalue weighted by molar-refractivity contribution is 9.11. The third kappa shape index (κ3) is 4.26. The molecule has 0 fully saturated rings. The van der Waals surface area contributed by atoms with Gasteiger partial charge in [-0.15, -0.1) is 0 Å². The van der Waals surface area contributed by atoms with Gasteiger partial charge in [0.25, 0.3) is 22.2 Å². The van der Waals surface area contributed by atoms with Gasteiger partial charge in [0, 0.05) is 22.0 Å². The van der Waals surface area contributed by atoms with Gasteiger partial charge in [-0.3, -0.25) is 28.3 Å². The van der Waals surface area contributed by atoms with Crippen LogP contribution >= 0.6 is 31.9 Å². The fourth-order valence-electron chi connectivity index (χ4n) is 5.01. The van der Waals surface area contributed by atoms with E-state index < -0.39 is 0 Å². The largest absolute Gasteiger partial charge is 0.274 e. The molecule has 0 N–H and O–H groups in total. The molecule has 186 valence electrons. The van der Waals surface area contributed by atoms with Gasteiger partial charge in [0.05, 0.1) is 21.5 Å². The number of halogens is 2. The predicted molar refractivity (Wildman–Crippen MR) is 151 cm³/mol. The molecule has 2 aromatic carbocycles. The topological polar surface area (TPSA) is 78.1 Å². The average molecular weight is 606 g/mol. The van der Waals surface area contributed by atoms with Crippen molar-refractivity contribution in [1.29, 1.82) is 0 Å². The normalized spacial score (nSPS) is 13.9. The van der Waals surface area contributed by atoms with Gasteiger partial charge in [0.15, 0.2) is 0 Å². The van der Waals surface area contributed by atoms with Crippen molar-refractivity contribution in [3.05, 3.63) is 62.5 Å². The van der Waals surface area contributed by atoms with Crippen LogP contribution in [0.5, 0.6) is 0 Å². The first kappa shape index (κ1) is 26.0. The Hall–Kier alpha value is -2.06. The van der Waals surface area contributed by atoms with E-state index in [4.69, 9.17) is 0 Å². The molecule has 35 heavy (non-hydrogen) atoms. The molecule has 0 saturated carbocycles. The Morgan fingerprint density at radius 1 is 0.714 bits per heavy atom. The molecule has 6 nitrogen and oxygen atoms in total. The van der Waals surface area contributed by atoms with Crippen LogP contribution in [0.25, 0.3) is 32.3 Å². The summed E-state index contributed by atoms with van der Waals surface area (Å²) in [7, 11) is 0. The standard InChI is InChI=1S/C27H30Br2N2O4/c1-5-8-9-15(7-3)13-31-25(33)21-17-11-18(28)22-20(16(17)10-19(29)23(21)27(31)35)24(32)30(26(22)34)12-14(4)6-2/h10-11,14-15H,5-9,12-13H2,1-4H3. The number of benzene rings is 2. The summed E-state index contributed by atoms with van der Waals surface area (Å²) < 4.78 is 3.57. The summed E-state index contributed by atoms with van der Waals surface area (Å²) in [5.74, 6) is 0.414. The van der Waals surface area contributed by atoms with Gasteiger partial charge in [-0.25, -0.2) is 0 Å². The van der Waals surface area contributed by atoms with Crippen molar-refractivity contribution >= 4 is 64.2 Å². The van der Waals surface area contributed by atoms with Crippen molar-refractivity contribution < 1.29 is 0 Å². The Labute approximate surface area is 219 Å². The zero-order valence-electron chi connectivity index (χ0n) is 20.5. The SMILES string of the molecule is CCCCC(CC)Cn1c(=O)c2c(Br)cc3c(cc(Br)c4c(=O)n(CC(C)CC)c(=O)c43)c2c1=O. The molecule has 4 aromatic rings. The maximum Gasteiger partial charge on any atom is 0.262 e. The number of nitrogens with zero attached hydrogens (tertiary/aromatic N) is 2. The summed E-state index contributed by atoms with van der Waals surface area (Å²) in [5.41, 5.74) is -1.35. The molecule has 0 bridgehead atoms. The van der Waals surface area contributed by atoms with Crippen molar-refractivity contribution in [2.45, 2.75) is 72.9 Å². The fourth-order valence-corrected chi connectivity index (χ4v) is 6.20. The fraction of sp³-hybridized carbons (Fsp3) is 0.481. The second kappa shape index (κ2) is 10.1. The minimum atomic E-state index is -0.359. The maximum absolute atomic E-state index is 13.6. The van der Waals surface area contributed by atoms with Crippen LogP contribution in [0.1, 0.15) is 59.8 Å². The van der Waals surface area contributed by atoms with E-state index in [-0.39, 0.29) is 34.1 Å². The van der Waals surface area contributed by atoms with E-state index in [9.17, 15) is 19.2 Å². The molecule has 0 saturated heterocycles. The molecule has 2 aromatic heterocycles. The van der Waals surface area contributed by atoms with Crippen molar-refractivity contribution in [3.63, 3.8) is 0 Å². The molecule has 2 unspecified atom stereocenters. The lowest BCUT2D eigenvalue weighted by molar-refractivity contribution is 0.384.